The number of likely N-dealkylation sites (tertiary alicyclic amines) is 2. The standard InChI is InChI=1S/C20H25N3O2.C16H22BrNO2/c1-20(2,3)25-19(24)23-13-9-16(10-14-23)15-5-7-17(8-6-15)18-21-11-4-12-22-18;1-16(2,3)20-15(19)18-10-8-13(9-11-18)12-4-6-14(17)7-5-12/h4-8,11-12,16H,9-10,13-14H2,1-3H3;4-7,13H,8-11H2,1-3H3. The number of hydrogen-bond donors (Lipinski definition) is 0. The zero-order chi connectivity index (χ0) is 32.6. The van der Waals surface area contributed by atoms with Crippen LogP contribution in [-0.2, 0) is 9.47 Å². The van der Waals surface area contributed by atoms with Crippen molar-refractivity contribution in [3.05, 3.63) is 82.6 Å². The van der Waals surface area contributed by atoms with Crippen LogP contribution in [0.15, 0.2) is 71.5 Å². The molecule has 242 valence electrons. The molecule has 9 heteroatoms. The maximum Gasteiger partial charge on any atom is 0.410 e. The highest BCUT2D eigenvalue weighted by Crippen LogP contribution is 2.31. The molecular formula is C36H47BrN4O4. The molecule has 0 aliphatic carbocycles. The van der Waals surface area contributed by atoms with Crippen LogP contribution in [0.1, 0.15) is 90.2 Å². The third-order valence-electron chi connectivity index (χ3n) is 7.84. The summed E-state index contributed by atoms with van der Waals surface area (Å²) in [5.74, 6) is 1.76. The molecule has 3 aromatic rings. The fraction of sp³-hybridized carbons (Fsp3) is 0.500. The van der Waals surface area contributed by atoms with E-state index in [4.69, 9.17) is 9.47 Å². The maximum atomic E-state index is 12.1. The maximum absolute atomic E-state index is 12.1. The molecule has 2 aliphatic heterocycles. The van der Waals surface area contributed by atoms with Crippen LogP contribution in [0.5, 0.6) is 0 Å². The van der Waals surface area contributed by atoms with E-state index in [1.165, 1.54) is 11.1 Å². The van der Waals surface area contributed by atoms with E-state index in [9.17, 15) is 9.59 Å². The van der Waals surface area contributed by atoms with Gasteiger partial charge in [0.05, 0.1) is 0 Å². The Labute approximate surface area is 276 Å². The average Bonchev–Trinajstić information content (AvgIpc) is 3.01. The van der Waals surface area contributed by atoms with Gasteiger partial charge in [0, 0.05) is 48.6 Å². The first-order chi connectivity index (χ1) is 21.3. The molecule has 0 atom stereocenters. The molecule has 0 saturated carbocycles. The second-order valence-electron chi connectivity index (χ2n) is 13.7. The van der Waals surface area contributed by atoms with E-state index in [1.807, 2.05) is 57.4 Å². The van der Waals surface area contributed by atoms with Gasteiger partial charge in [-0.25, -0.2) is 19.6 Å². The summed E-state index contributed by atoms with van der Waals surface area (Å²) in [6, 6.07) is 18.8. The number of piperidine rings is 2. The summed E-state index contributed by atoms with van der Waals surface area (Å²) in [5, 5.41) is 0. The summed E-state index contributed by atoms with van der Waals surface area (Å²) in [7, 11) is 0. The van der Waals surface area contributed by atoms with Crippen LogP contribution >= 0.6 is 15.9 Å². The van der Waals surface area contributed by atoms with Crippen molar-refractivity contribution in [3.63, 3.8) is 0 Å². The molecule has 2 amide bonds. The topological polar surface area (TPSA) is 84.9 Å². The number of nitrogens with zero attached hydrogens (tertiary/aromatic N) is 4. The van der Waals surface area contributed by atoms with E-state index in [1.54, 1.807) is 12.4 Å². The minimum absolute atomic E-state index is 0.188. The van der Waals surface area contributed by atoms with Crippen LogP contribution in [0.2, 0.25) is 0 Å². The Balaban J connectivity index is 0.000000210. The van der Waals surface area contributed by atoms with Crippen molar-refractivity contribution in [1.82, 2.24) is 19.8 Å². The second kappa shape index (κ2) is 15.2. The predicted molar refractivity (Wildman–Crippen MR) is 181 cm³/mol. The zero-order valence-electron chi connectivity index (χ0n) is 27.5. The van der Waals surface area contributed by atoms with E-state index in [0.717, 1.165) is 67.7 Å². The van der Waals surface area contributed by atoms with E-state index >= 15 is 0 Å². The summed E-state index contributed by atoms with van der Waals surface area (Å²) < 4.78 is 12.0. The molecule has 0 unspecified atom stereocenters. The van der Waals surface area contributed by atoms with Crippen molar-refractivity contribution in [2.75, 3.05) is 26.2 Å². The fourth-order valence-corrected chi connectivity index (χ4v) is 5.80. The Kier molecular flexibility index (Phi) is 11.6. The van der Waals surface area contributed by atoms with Gasteiger partial charge in [-0.05, 0) is 108 Å². The van der Waals surface area contributed by atoms with Crippen LogP contribution in [0.3, 0.4) is 0 Å². The number of carbonyl (C=O) groups is 2. The van der Waals surface area contributed by atoms with Gasteiger partial charge >= 0.3 is 12.2 Å². The van der Waals surface area contributed by atoms with Gasteiger partial charge in [-0.2, -0.15) is 0 Å². The molecule has 0 radical (unpaired) electrons. The Morgan fingerprint density at radius 3 is 1.42 bits per heavy atom. The third kappa shape index (κ3) is 10.8. The first-order valence-electron chi connectivity index (χ1n) is 15.9. The summed E-state index contributed by atoms with van der Waals surface area (Å²) in [6.07, 6.45) is 7.03. The van der Waals surface area contributed by atoms with Crippen molar-refractivity contribution < 1.29 is 19.1 Å². The predicted octanol–water partition coefficient (Wildman–Crippen LogP) is 8.82. The van der Waals surface area contributed by atoms with Crippen molar-refractivity contribution in [2.45, 2.75) is 90.3 Å². The monoisotopic (exact) mass is 678 g/mol. The molecule has 2 aromatic carbocycles. The highest BCUT2D eigenvalue weighted by atomic mass is 79.9. The number of rotatable bonds is 3. The number of hydrogen-bond acceptors (Lipinski definition) is 6. The number of benzene rings is 2. The van der Waals surface area contributed by atoms with Gasteiger partial charge in [0.25, 0.3) is 0 Å². The fourth-order valence-electron chi connectivity index (χ4n) is 5.53. The molecule has 3 heterocycles. The van der Waals surface area contributed by atoms with Crippen LogP contribution < -0.4 is 0 Å². The largest absolute Gasteiger partial charge is 0.444 e. The van der Waals surface area contributed by atoms with Crippen LogP contribution in [-0.4, -0.2) is 69.3 Å². The molecule has 2 saturated heterocycles. The molecule has 5 rings (SSSR count). The Morgan fingerprint density at radius 1 is 0.667 bits per heavy atom. The van der Waals surface area contributed by atoms with E-state index < -0.39 is 11.2 Å². The Hall–Kier alpha value is -3.46. The van der Waals surface area contributed by atoms with Crippen LogP contribution in [0.4, 0.5) is 9.59 Å². The van der Waals surface area contributed by atoms with Gasteiger partial charge in [0.15, 0.2) is 5.82 Å². The smallest absolute Gasteiger partial charge is 0.410 e. The Bertz CT molecular complexity index is 1370. The van der Waals surface area contributed by atoms with Crippen molar-refractivity contribution in [2.24, 2.45) is 0 Å². The molecule has 8 nitrogen and oxygen atoms in total. The van der Waals surface area contributed by atoms with Gasteiger partial charge in [-0.15, -0.1) is 0 Å². The summed E-state index contributed by atoms with van der Waals surface area (Å²) in [6.45, 7) is 14.4. The minimum atomic E-state index is -0.441. The lowest BCUT2D eigenvalue weighted by Crippen LogP contribution is -2.41. The molecule has 2 fully saturated rings. The third-order valence-corrected chi connectivity index (χ3v) is 8.37. The van der Waals surface area contributed by atoms with Crippen molar-refractivity contribution in [3.8, 4) is 11.4 Å². The number of ether oxygens (including phenoxy) is 2. The van der Waals surface area contributed by atoms with Gasteiger partial charge in [-0.3, -0.25) is 0 Å². The summed E-state index contributed by atoms with van der Waals surface area (Å²) in [5.41, 5.74) is 2.83. The van der Waals surface area contributed by atoms with Crippen LogP contribution in [0.25, 0.3) is 11.4 Å². The lowest BCUT2D eigenvalue weighted by Gasteiger charge is -2.33. The number of aromatic nitrogens is 2. The normalized spacial score (nSPS) is 16.4. The minimum Gasteiger partial charge on any atom is -0.444 e. The van der Waals surface area contributed by atoms with Crippen molar-refractivity contribution >= 4 is 28.1 Å². The lowest BCUT2D eigenvalue weighted by atomic mass is 9.89. The molecule has 0 spiro atoms. The second-order valence-corrected chi connectivity index (χ2v) is 14.6. The molecule has 2 aliphatic rings. The lowest BCUT2D eigenvalue weighted by molar-refractivity contribution is 0.0194. The van der Waals surface area contributed by atoms with Gasteiger partial charge in [-0.1, -0.05) is 52.3 Å². The summed E-state index contributed by atoms with van der Waals surface area (Å²) in [4.78, 5) is 36.3. The van der Waals surface area contributed by atoms with E-state index in [2.05, 4.69) is 74.4 Å². The zero-order valence-corrected chi connectivity index (χ0v) is 29.0. The highest BCUT2D eigenvalue weighted by Gasteiger charge is 2.28. The van der Waals surface area contributed by atoms with Gasteiger partial charge in [0.2, 0.25) is 0 Å². The number of amides is 2. The summed E-state index contributed by atoms with van der Waals surface area (Å²) >= 11 is 3.46. The number of carbonyl (C=O) groups excluding carboxylic acids is 2. The van der Waals surface area contributed by atoms with E-state index in [-0.39, 0.29) is 12.2 Å². The molecular weight excluding hydrogens is 632 g/mol. The molecule has 45 heavy (non-hydrogen) atoms. The quantitative estimate of drug-likeness (QED) is 0.275. The molecule has 0 N–H and O–H groups in total. The van der Waals surface area contributed by atoms with Crippen LogP contribution in [0, 0.1) is 0 Å². The van der Waals surface area contributed by atoms with Gasteiger partial charge < -0.3 is 19.3 Å². The first-order valence-corrected chi connectivity index (χ1v) is 16.7. The van der Waals surface area contributed by atoms with Crippen molar-refractivity contribution in [1.29, 1.82) is 0 Å². The SMILES string of the molecule is CC(C)(C)OC(=O)N1CCC(c2ccc(-c3ncccn3)cc2)CC1.CC(C)(C)OC(=O)N1CCC(c2ccc(Br)cc2)CC1. The van der Waals surface area contributed by atoms with Gasteiger partial charge in [0.1, 0.15) is 11.2 Å². The first kappa shape index (κ1) is 34.4. The van der Waals surface area contributed by atoms with E-state index in [0.29, 0.717) is 11.8 Å². The Morgan fingerprint density at radius 2 is 1.04 bits per heavy atom. The average molecular weight is 680 g/mol. The highest BCUT2D eigenvalue weighted by molar-refractivity contribution is 9.10. The molecule has 1 aromatic heterocycles. The number of halogens is 1. The molecule has 0 bridgehead atoms.